The molecule has 1 saturated heterocycles. The molecule has 3 unspecified atom stereocenters. The lowest BCUT2D eigenvalue weighted by atomic mass is 10.0. The molecule has 0 amide bonds. The van der Waals surface area contributed by atoms with Crippen molar-refractivity contribution in [1.82, 2.24) is 5.32 Å². The lowest BCUT2D eigenvalue weighted by Crippen LogP contribution is -2.43. The Balaban J connectivity index is 1.85. The van der Waals surface area contributed by atoms with E-state index in [0.717, 1.165) is 30.9 Å². The summed E-state index contributed by atoms with van der Waals surface area (Å²) in [5.74, 6) is 0. The van der Waals surface area contributed by atoms with Crippen molar-refractivity contribution in [2.24, 2.45) is 0 Å². The molecule has 1 fully saturated rings. The number of nitrogens with one attached hydrogen (secondary N) is 1. The summed E-state index contributed by atoms with van der Waals surface area (Å²) in [4.78, 5) is 0. The van der Waals surface area contributed by atoms with E-state index >= 15 is 0 Å². The summed E-state index contributed by atoms with van der Waals surface area (Å²) >= 11 is 6.19. The van der Waals surface area contributed by atoms with Crippen LogP contribution >= 0.6 is 11.6 Å². The van der Waals surface area contributed by atoms with Crippen molar-refractivity contribution in [1.29, 1.82) is 0 Å². The van der Waals surface area contributed by atoms with Crippen molar-refractivity contribution in [2.45, 2.75) is 51.3 Å². The fourth-order valence-corrected chi connectivity index (χ4v) is 2.82. The molecule has 2 rings (SSSR count). The number of halogens is 1. The lowest BCUT2D eigenvalue weighted by Gasteiger charge is -2.30. The van der Waals surface area contributed by atoms with Gasteiger partial charge in [-0.2, -0.15) is 0 Å². The van der Waals surface area contributed by atoms with Crippen molar-refractivity contribution in [2.75, 3.05) is 6.61 Å². The molecule has 18 heavy (non-hydrogen) atoms. The fraction of sp³-hybridized carbons (Fsp3) is 0.600. The normalized spacial score (nSPS) is 25.9. The lowest BCUT2D eigenvalue weighted by molar-refractivity contribution is 0.0116. The van der Waals surface area contributed by atoms with Crippen molar-refractivity contribution in [3.8, 4) is 0 Å². The van der Waals surface area contributed by atoms with Gasteiger partial charge in [-0.3, -0.25) is 0 Å². The Morgan fingerprint density at radius 1 is 1.44 bits per heavy atom. The maximum absolute atomic E-state index is 6.19. The zero-order valence-corrected chi connectivity index (χ0v) is 11.9. The van der Waals surface area contributed by atoms with Crippen LogP contribution < -0.4 is 5.32 Å². The molecule has 0 radical (unpaired) electrons. The molecule has 0 aromatic heterocycles. The monoisotopic (exact) mass is 267 g/mol. The average Bonchev–Trinajstić information content (AvgIpc) is 2.32. The number of rotatable bonds is 4. The summed E-state index contributed by atoms with van der Waals surface area (Å²) < 4.78 is 5.57. The third-order valence-corrected chi connectivity index (χ3v) is 3.86. The van der Waals surface area contributed by atoms with Crippen LogP contribution in [-0.2, 0) is 11.2 Å². The van der Waals surface area contributed by atoms with Gasteiger partial charge in [-0.05, 0) is 44.7 Å². The summed E-state index contributed by atoms with van der Waals surface area (Å²) in [5.41, 5.74) is 1.22. The zero-order valence-electron chi connectivity index (χ0n) is 11.2. The Hall–Kier alpha value is -0.570. The second-order valence-electron chi connectivity index (χ2n) is 5.27. The van der Waals surface area contributed by atoms with Gasteiger partial charge in [-0.15, -0.1) is 0 Å². The molecule has 0 spiro atoms. The average molecular weight is 268 g/mol. The fourth-order valence-electron chi connectivity index (χ4n) is 2.60. The SMILES string of the molecule is CC(Cc1ccccc1Cl)NC1CCOC(C)C1. The van der Waals surface area contributed by atoms with Crippen LogP contribution in [0.3, 0.4) is 0 Å². The van der Waals surface area contributed by atoms with E-state index in [1.807, 2.05) is 18.2 Å². The van der Waals surface area contributed by atoms with Gasteiger partial charge in [0.2, 0.25) is 0 Å². The Kier molecular flexibility index (Phi) is 5.04. The summed E-state index contributed by atoms with van der Waals surface area (Å²) in [6.45, 7) is 5.24. The molecule has 0 bridgehead atoms. The van der Waals surface area contributed by atoms with Crippen LogP contribution in [0.2, 0.25) is 5.02 Å². The van der Waals surface area contributed by atoms with Gasteiger partial charge in [0.15, 0.2) is 0 Å². The van der Waals surface area contributed by atoms with Crippen molar-refractivity contribution < 1.29 is 4.74 Å². The van der Waals surface area contributed by atoms with Gasteiger partial charge in [0.05, 0.1) is 6.10 Å². The second-order valence-corrected chi connectivity index (χ2v) is 5.67. The van der Waals surface area contributed by atoms with Crippen molar-refractivity contribution >= 4 is 11.6 Å². The molecule has 0 saturated carbocycles. The minimum absolute atomic E-state index is 0.378. The van der Waals surface area contributed by atoms with E-state index in [0.29, 0.717) is 18.2 Å². The first kappa shape index (κ1) is 13.9. The van der Waals surface area contributed by atoms with E-state index < -0.39 is 0 Å². The van der Waals surface area contributed by atoms with Crippen LogP contribution in [0.1, 0.15) is 32.3 Å². The largest absolute Gasteiger partial charge is 0.378 e. The molecule has 100 valence electrons. The molecule has 1 aliphatic heterocycles. The summed E-state index contributed by atoms with van der Waals surface area (Å²) in [6, 6.07) is 9.10. The first-order valence-electron chi connectivity index (χ1n) is 6.76. The van der Waals surface area contributed by atoms with Crippen LogP contribution in [-0.4, -0.2) is 24.8 Å². The predicted molar refractivity (Wildman–Crippen MR) is 76.2 cm³/mol. The summed E-state index contributed by atoms with van der Waals surface area (Å²) in [5, 5.41) is 4.55. The molecule has 2 nitrogen and oxygen atoms in total. The number of benzene rings is 1. The Labute approximate surface area is 115 Å². The topological polar surface area (TPSA) is 21.3 Å². The molecular weight excluding hydrogens is 246 g/mol. The highest BCUT2D eigenvalue weighted by molar-refractivity contribution is 6.31. The van der Waals surface area contributed by atoms with Crippen LogP contribution in [0.5, 0.6) is 0 Å². The van der Waals surface area contributed by atoms with Crippen LogP contribution in [0, 0.1) is 0 Å². The van der Waals surface area contributed by atoms with Gasteiger partial charge >= 0.3 is 0 Å². The van der Waals surface area contributed by atoms with Crippen LogP contribution in [0.4, 0.5) is 0 Å². The standard InChI is InChI=1S/C15H22ClNO/c1-11(9-13-5-3-4-6-15(13)16)17-14-7-8-18-12(2)10-14/h3-6,11-12,14,17H,7-10H2,1-2H3. The quantitative estimate of drug-likeness (QED) is 0.903. The van der Waals surface area contributed by atoms with E-state index in [1.54, 1.807) is 0 Å². The second kappa shape index (κ2) is 6.55. The smallest absolute Gasteiger partial charge is 0.0561 e. The first-order chi connectivity index (χ1) is 8.65. The molecule has 1 aromatic carbocycles. The van der Waals surface area contributed by atoms with Gasteiger partial charge in [-0.1, -0.05) is 29.8 Å². The minimum atomic E-state index is 0.378. The van der Waals surface area contributed by atoms with Crippen molar-refractivity contribution in [3.63, 3.8) is 0 Å². The Morgan fingerprint density at radius 3 is 2.94 bits per heavy atom. The molecule has 1 N–H and O–H groups in total. The number of hydrogen-bond donors (Lipinski definition) is 1. The van der Waals surface area contributed by atoms with Crippen LogP contribution in [0.25, 0.3) is 0 Å². The number of ether oxygens (including phenoxy) is 1. The van der Waals surface area contributed by atoms with Gasteiger partial charge in [0.25, 0.3) is 0 Å². The molecule has 1 heterocycles. The van der Waals surface area contributed by atoms with E-state index in [2.05, 4.69) is 25.2 Å². The first-order valence-corrected chi connectivity index (χ1v) is 7.14. The van der Waals surface area contributed by atoms with E-state index in [4.69, 9.17) is 16.3 Å². The highest BCUT2D eigenvalue weighted by Gasteiger charge is 2.20. The number of hydrogen-bond acceptors (Lipinski definition) is 2. The van der Waals surface area contributed by atoms with Crippen molar-refractivity contribution in [3.05, 3.63) is 34.9 Å². The maximum Gasteiger partial charge on any atom is 0.0561 e. The Morgan fingerprint density at radius 2 is 2.22 bits per heavy atom. The van der Waals surface area contributed by atoms with Crippen LogP contribution in [0.15, 0.2) is 24.3 Å². The third-order valence-electron chi connectivity index (χ3n) is 3.49. The van der Waals surface area contributed by atoms with Gasteiger partial charge in [-0.25, -0.2) is 0 Å². The molecule has 0 aliphatic carbocycles. The molecular formula is C15H22ClNO. The third kappa shape index (κ3) is 3.98. The zero-order chi connectivity index (χ0) is 13.0. The molecule has 1 aliphatic rings. The van der Waals surface area contributed by atoms with E-state index in [9.17, 15) is 0 Å². The minimum Gasteiger partial charge on any atom is -0.378 e. The van der Waals surface area contributed by atoms with E-state index in [-0.39, 0.29) is 0 Å². The van der Waals surface area contributed by atoms with Gasteiger partial charge in [0, 0.05) is 23.7 Å². The highest BCUT2D eigenvalue weighted by Crippen LogP contribution is 2.18. The highest BCUT2D eigenvalue weighted by atomic mass is 35.5. The van der Waals surface area contributed by atoms with Gasteiger partial charge in [0.1, 0.15) is 0 Å². The molecule has 3 atom stereocenters. The maximum atomic E-state index is 6.19. The molecule has 1 aromatic rings. The summed E-state index contributed by atoms with van der Waals surface area (Å²) in [6.07, 6.45) is 3.57. The van der Waals surface area contributed by atoms with Gasteiger partial charge < -0.3 is 10.1 Å². The predicted octanol–water partition coefficient (Wildman–Crippen LogP) is 3.43. The van der Waals surface area contributed by atoms with E-state index in [1.165, 1.54) is 5.56 Å². The summed E-state index contributed by atoms with van der Waals surface area (Å²) in [7, 11) is 0. The Bertz CT molecular complexity index is 383. The molecule has 3 heteroatoms.